The Labute approximate surface area is 206 Å². The van der Waals surface area contributed by atoms with E-state index in [1.807, 2.05) is 18.2 Å². The average Bonchev–Trinajstić information content (AvgIpc) is 3.55. The topological polar surface area (TPSA) is 58.6 Å². The van der Waals surface area contributed by atoms with Crippen LogP contribution in [0.5, 0.6) is 0 Å². The lowest BCUT2D eigenvalue weighted by Crippen LogP contribution is -2.47. The molecule has 2 aliphatic heterocycles. The smallest absolute Gasteiger partial charge is 0.379 e. The lowest BCUT2D eigenvalue weighted by molar-refractivity contribution is -0.137. The van der Waals surface area contributed by atoms with Gasteiger partial charge in [-0.25, -0.2) is 4.39 Å². The van der Waals surface area contributed by atoms with E-state index in [1.54, 1.807) is 11.0 Å². The number of amides is 2. The lowest BCUT2D eigenvalue weighted by atomic mass is 9.80. The van der Waals surface area contributed by atoms with E-state index in [-0.39, 0.29) is 22.8 Å². The molecule has 0 unspecified atom stereocenters. The van der Waals surface area contributed by atoms with E-state index in [9.17, 15) is 27.2 Å². The molecule has 192 valence electrons. The van der Waals surface area contributed by atoms with Gasteiger partial charge in [0.1, 0.15) is 11.9 Å². The van der Waals surface area contributed by atoms with Gasteiger partial charge >= 0.3 is 6.18 Å². The number of alkyl halides is 3. The highest BCUT2D eigenvalue weighted by molar-refractivity contribution is 5.98. The van der Waals surface area contributed by atoms with Gasteiger partial charge < -0.3 is 15.0 Å². The van der Waals surface area contributed by atoms with Crippen LogP contribution in [0.1, 0.15) is 65.7 Å². The number of nitrogens with one attached hydrogen (secondary N) is 1. The van der Waals surface area contributed by atoms with Gasteiger partial charge in [0.2, 0.25) is 5.91 Å². The molecule has 2 amide bonds. The zero-order valence-electron chi connectivity index (χ0n) is 19.9. The number of hydrogen-bond acceptors (Lipinski definition) is 3. The number of hydrogen-bond donors (Lipinski definition) is 1. The second-order valence-electron chi connectivity index (χ2n) is 10.3. The molecule has 36 heavy (non-hydrogen) atoms. The normalized spacial score (nSPS) is 22.1. The number of nitrogens with zero attached hydrogens (tertiary/aromatic N) is 1. The molecule has 3 fully saturated rings. The molecule has 0 aromatic heterocycles. The maximum atomic E-state index is 14.7. The van der Waals surface area contributed by atoms with Crippen LogP contribution in [0.15, 0.2) is 42.5 Å². The van der Waals surface area contributed by atoms with Crippen LogP contribution in [0, 0.1) is 11.7 Å². The fraction of sp³-hybridized carbons (Fsp3) is 0.481. The van der Waals surface area contributed by atoms with Crippen LogP contribution in [0.4, 0.5) is 17.6 Å². The molecule has 3 aliphatic rings. The monoisotopic (exact) mass is 504 g/mol. The molecule has 2 aromatic rings. The van der Waals surface area contributed by atoms with Crippen molar-refractivity contribution in [2.45, 2.75) is 56.3 Å². The minimum Gasteiger partial charge on any atom is -0.379 e. The van der Waals surface area contributed by atoms with Gasteiger partial charge in [-0.2, -0.15) is 13.2 Å². The Morgan fingerprint density at radius 2 is 1.86 bits per heavy atom. The lowest BCUT2D eigenvalue weighted by Gasteiger charge is -2.38. The first-order valence-electron chi connectivity index (χ1n) is 12.2. The van der Waals surface area contributed by atoms with Crippen molar-refractivity contribution >= 4 is 11.8 Å². The van der Waals surface area contributed by atoms with Crippen molar-refractivity contribution in [3.8, 4) is 0 Å². The molecule has 0 spiro atoms. The quantitative estimate of drug-likeness (QED) is 0.563. The van der Waals surface area contributed by atoms with E-state index in [0.717, 1.165) is 30.5 Å². The fourth-order valence-corrected chi connectivity index (χ4v) is 5.13. The van der Waals surface area contributed by atoms with E-state index >= 15 is 0 Å². The number of benzene rings is 2. The summed E-state index contributed by atoms with van der Waals surface area (Å²) in [5.74, 6) is -1.70. The molecule has 1 saturated carbocycles. The highest BCUT2D eigenvalue weighted by Gasteiger charge is 2.41. The van der Waals surface area contributed by atoms with Crippen LogP contribution in [-0.2, 0) is 21.1 Å². The molecule has 0 radical (unpaired) electrons. The van der Waals surface area contributed by atoms with Crippen molar-refractivity contribution in [2.24, 2.45) is 5.92 Å². The third kappa shape index (κ3) is 4.73. The summed E-state index contributed by atoms with van der Waals surface area (Å²) in [6, 6.07) is 8.33. The Morgan fingerprint density at radius 3 is 2.47 bits per heavy atom. The van der Waals surface area contributed by atoms with Crippen molar-refractivity contribution in [2.75, 3.05) is 19.8 Å². The third-order valence-electron chi connectivity index (χ3n) is 7.52. The van der Waals surface area contributed by atoms with Gasteiger partial charge in [-0.15, -0.1) is 0 Å². The van der Waals surface area contributed by atoms with Gasteiger partial charge in [0.25, 0.3) is 5.91 Å². The van der Waals surface area contributed by atoms with Crippen molar-refractivity contribution < 1.29 is 31.9 Å². The number of ether oxygens (including phenoxy) is 1. The Bertz CT molecular complexity index is 1170. The van der Waals surface area contributed by atoms with Crippen LogP contribution >= 0.6 is 0 Å². The Hall–Kier alpha value is -2.94. The van der Waals surface area contributed by atoms with E-state index in [4.69, 9.17) is 4.74 Å². The third-order valence-corrected chi connectivity index (χ3v) is 7.52. The molecular formula is C27H28F4N2O3. The molecular weight excluding hydrogens is 476 g/mol. The maximum Gasteiger partial charge on any atom is 0.416 e. The van der Waals surface area contributed by atoms with Crippen molar-refractivity contribution in [1.82, 2.24) is 10.2 Å². The van der Waals surface area contributed by atoms with Crippen LogP contribution < -0.4 is 5.32 Å². The predicted molar refractivity (Wildman–Crippen MR) is 124 cm³/mol. The minimum atomic E-state index is -4.65. The van der Waals surface area contributed by atoms with Crippen LogP contribution in [0.2, 0.25) is 0 Å². The molecule has 2 atom stereocenters. The highest BCUT2D eigenvalue weighted by atomic mass is 19.4. The van der Waals surface area contributed by atoms with Gasteiger partial charge in [-0.1, -0.05) is 25.1 Å². The molecule has 5 rings (SSSR count). The molecule has 2 saturated heterocycles. The van der Waals surface area contributed by atoms with Crippen molar-refractivity contribution in [1.29, 1.82) is 0 Å². The maximum absolute atomic E-state index is 14.7. The van der Waals surface area contributed by atoms with Gasteiger partial charge in [0, 0.05) is 23.1 Å². The Morgan fingerprint density at radius 1 is 1.11 bits per heavy atom. The zero-order chi connectivity index (χ0) is 25.7. The first kappa shape index (κ1) is 24.7. The summed E-state index contributed by atoms with van der Waals surface area (Å²) < 4.78 is 59.0. The summed E-state index contributed by atoms with van der Waals surface area (Å²) in [5.41, 5.74) is 0.334. The highest BCUT2D eigenvalue weighted by Crippen LogP contribution is 2.43. The number of carbonyl (C=O) groups is 2. The summed E-state index contributed by atoms with van der Waals surface area (Å²) >= 11 is 0. The summed E-state index contributed by atoms with van der Waals surface area (Å²) in [7, 11) is 0. The molecule has 1 aliphatic carbocycles. The number of halogens is 4. The summed E-state index contributed by atoms with van der Waals surface area (Å²) in [6.45, 7) is 3.67. The Balaban J connectivity index is 1.33. The number of likely N-dealkylation sites (tertiary alicyclic amines) is 1. The predicted octanol–water partition coefficient (Wildman–Crippen LogP) is 5.00. The van der Waals surface area contributed by atoms with Crippen LogP contribution in [-0.4, -0.2) is 42.5 Å². The summed E-state index contributed by atoms with van der Waals surface area (Å²) in [5, 5.41) is 2.86. The largest absolute Gasteiger partial charge is 0.416 e. The SMILES string of the molecule is CC1(c2cccc(C(=O)N3CCC[C@@H]3C(=O)N[C@@H](c3ccc(C(F)(F)F)cc3F)C3CC3)c2)COC1. The van der Waals surface area contributed by atoms with Gasteiger partial charge in [-0.3, -0.25) is 9.59 Å². The molecule has 9 heteroatoms. The van der Waals surface area contributed by atoms with E-state index in [2.05, 4.69) is 12.2 Å². The van der Waals surface area contributed by atoms with E-state index < -0.39 is 35.5 Å². The second-order valence-corrected chi connectivity index (χ2v) is 10.3. The molecule has 1 N–H and O–H groups in total. The molecule has 2 heterocycles. The van der Waals surface area contributed by atoms with E-state index in [1.165, 1.54) is 0 Å². The zero-order valence-corrected chi connectivity index (χ0v) is 19.9. The minimum absolute atomic E-state index is 0.0402. The average molecular weight is 505 g/mol. The molecule has 0 bridgehead atoms. The number of rotatable bonds is 6. The van der Waals surface area contributed by atoms with Crippen LogP contribution in [0.3, 0.4) is 0 Å². The molecule has 2 aromatic carbocycles. The van der Waals surface area contributed by atoms with Gasteiger partial charge in [0.15, 0.2) is 0 Å². The van der Waals surface area contributed by atoms with Gasteiger partial charge in [-0.05, 0) is 61.4 Å². The first-order valence-corrected chi connectivity index (χ1v) is 12.2. The van der Waals surface area contributed by atoms with Gasteiger partial charge in [0.05, 0.1) is 24.8 Å². The van der Waals surface area contributed by atoms with E-state index in [0.29, 0.717) is 44.2 Å². The summed E-state index contributed by atoms with van der Waals surface area (Å²) in [4.78, 5) is 28.2. The summed E-state index contributed by atoms with van der Waals surface area (Å²) in [6.07, 6.45) is -2.04. The first-order chi connectivity index (χ1) is 17.1. The van der Waals surface area contributed by atoms with Crippen LogP contribution in [0.25, 0.3) is 0 Å². The Kier molecular flexibility index (Phi) is 6.31. The second kappa shape index (κ2) is 9.18. The fourth-order valence-electron chi connectivity index (χ4n) is 5.13. The number of carbonyl (C=O) groups excluding carboxylic acids is 2. The van der Waals surface area contributed by atoms with Crippen molar-refractivity contribution in [3.63, 3.8) is 0 Å². The molecule has 5 nitrogen and oxygen atoms in total. The van der Waals surface area contributed by atoms with Crippen molar-refractivity contribution in [3.05, 3.63) is 70.5 Å². The standard InChI is InChI=1S/C27H28F4N2O3/c1-26(14-36-15-26)18-5-2-4-17(12-18)25(35)33-11-3-6-22(33)24(34)32-23(16-7-8-16)20-10-9-19(13-21(20)28)27(29,30)31/h2,4-5,9-10,12-13,16,22-23H,3,6-8,11,14-15H2,1H3,(H,32,34)/t22-,23-/m1/s1.